The minimum absolute atomic E-state index is 0.0152. The second-order valence-electron chi connectivity index (χ2n) is 6.60. The van der Waals surface area contributed by atoms with E-state index < -0.39 is 20.9 Å². The van der Waals surface area contributed by atoms with Crippen LogP contribution in [0, 0.1) is 10.1 Å². The highest BCUT2D eigenvalue weighted by molar-refractivity contribution is 7.89. The van der Waals surface area contributed by atoms with Gasteiger partial charge >= 0.3 is 0 Å². The lowest BCUT2D eigenvalue weighted by molar-refractivity contribution is -0.383. The normalized spacial score (nSPS) is 15.7. The van der Waals surface area contributed by atoms with E-state index in [9.17, 15) is 23.3 Å². The summed E-state index contributed by atoms with van der Waals surface area (Å²) in [5.41, 5.74) is -0.243. The maximum Gasteiger partial charge on any atom is 0.292 e. The van der Waals surface area contributed by atoms with Crippen LogP contribution < -0.4 is 5.32 Å². The molecule has 1 saturated heterocycles. The highest BCUT2D eigenvalue weighted by Gasteiger charge is 2.29. The van der Waals surface area contributed by atoms with Gasteiger partial charge in [0.1, 0.15) is 5.69 Å². The molecule has 0 atom stereocenters. The predicted octanol–water partition coefficient (Wildman–Crippen LogP) is 2.85. The second-order valence-corrected chi connectivity index (χ2v) is 9.41. The van der Waals surface area contributed by atoms with Crippen molar-refractivity contribution in [2.45, 2.75) is 4.90 Å². The molecule has 0 aromatic heterocycles. The summed E-state index contributed by atoms with van der Waals surface area (Å²) >= 11 is 11.7. The van der Waals surface area contributed by atoms with Crippen LogP contribution in [0.3, 0.4) is 0 Å². The fraction of sp³-hybridized carbons (Fsp3) is 0.278. The van der Waals surface area contributed by atoms with Crippen molar-refractivity contribution in [3.05, 3.63) is 62.6 Å². The molecule has 0 radical (unpaired) electrons. The van der Waals surface area contributed by atoms with Crippen molar-refractivity contribution in [3.63, 3.8) is 0 Å². The molecule has 1 aliphatic heterocycles. The molecule has 0 spiro atoms. The monoisotopic (exact) mass is 472 g/mol. The van der Waals surface area contributed by atoms with Crippen LogP contribution in [0.25, 0.3) is 0 Å². The number of amides is 1. The highest BCUT2D eigenvalue weighted by atomic mass is 35.5. The Bertz CT molecular complexity index is 1050. The van der Waals surface area contributed by atoms with Crippen LogP contribution in [0.1, 0.15) is 0 Å². The Hall–Kier alpha value is -2.24. The van der Waals surface area contributed by atoms with Gasteiger partial charge in [0, 0.05) is 42.3 Å². The van der Waals surface area contributed by atoms with E-state index in [0.29, 0.717) is 18.1 Å². The molecule has 9 nitrogen and oxygen atoms in total. The molecule has 0 unspecified atom stereocenters. The summed E-state index contributed by atoms with van der Waals surface area (Å²) in [6.07, 6.45) is 0. The molecule has 1 heterocycles. The smallest absolute Gasteiger partial charge is 0.292 e. The quantitative estimate of drug-likeness (QED) is 0.510. The van der Waals surface area contributed by atoms with E-state index in [1.807, 2.05) is 0 Å². The Balaban J connectivity index is 1.58. The minimum atomic E-state index is -3.64. The third-order valence-corrected chi connectivity index (χ3v) is 6.98. The molecular weight excluding hydrogens is 455 g/mol. The molecule has 1 aliphatic rings. The van der Waals surface area contributed by atoms with Crippen molar-refractivity contribution in [1.29, 1.82) is 0 Å². The highest BCUT2D eigenvalue weighted by Crippen LogP contribution is 2.27. The number of benzene rings is 2. The second kappa shape index (κ2) is 9.27. The standard InChI is InChI=1S/C18H18Cl2N4O5S/c19-13-1-4-15(5-2-13)30(28,29)23-9-7-22(8-10-23)12-18(25)21-16-11-14(20)3-6-17(16)24(26)27/h1-6,11H,7-10,12H2,(H,21,25). The van der Waals surface area contributed by atoms with Gasteiger partial charge in [0.05, 0.1) is 16.4 Å². The number of nitrogens with zero attached hydrogens (tertiary/aromatic N) is 3. The number of hydrogen-bond donors (Lipinski definition) is 1. The number of nitrogens with one attached hydrogen (secondary N) is 1. The largest absolute Gasteiger partial charge is 0.319 e. The van der Waals surface area contributed by atoms with Gasteiger partial charge in [-0.25, -0.2) is 8.42 Å². The van der Waals surface area contributed by atoms with Crippen molar-refractivity contribution in [2.24, 2.45) is 0 Å². The van der Waals surface area contributed by atoms with E-state index in [-0.39, 0.29) is 40.9 Å². The maximum absolute atomic E-state index is 12.7. The van der Waals surface area contributed by atoms with Crippen molar-refractivity contribution < 1.29 is 18.1 Å². The fourth-order valence-electron chi connectivity index (χ4n) is 3.04. The molecule has 0 bridgehead atoms. The van der Waals surface area contributed by atoms with Gasteiger partial charge in [-0.2, -0.15) is 4.31 Å². The lowest BCUT2D eigenvalue weighted by atomic mass is 10.2. The Morgan fingerprint density at radius 1 is 1.03 bits per heavy atom. The summed E-state index contributed by atoms with van der Waals surface area (Å²) in [6.45, 7) is 1.10. The third-order valence-electron chi connectivity index (χ3n) is 4.58. The molecule has 160 valence electrons. The number of carbonyl (C=O) groups excluding carboxylic acids is 1. The number of anilines is 1. The van der Waals surface area contributed by atoms with Crippen LogP contribution in [0.2, 0.25) is 10.0 Å². The number of carbonyl (C=O) groups is 1. The Kier molecular flexibility index (Phi) is 6.94. The van der Waals surface area contributed by atoms with Crippen molar-refractivity contribution in [2.75, 3.05) is 38.0 Å². The number of nitro benzene ring substituents is 1. The lowest BCUT2D eigenvalue weighted by Gasteiger charge is -2.33. The number of nitro groups is 1. The lowest BCUT2D eigenvalue weighted by Crippen LogP contribution is -2.50. The summed E-state index contributed by atoms with van der Waals surface area (Å²) in [6, 6.07) is 9.85. The van der Waals surface area contributed by atoms with Gasteiger partial charge in [0.2, 0.25) is 15.9 Å². The molecule has 1 amide bonds. The zero-order valence-corrected chi connectivity index (χ0v) is 18.0. The molecule has 2 aromatic rings. The van der Waals surface area contributed by atoms with Crippen LogP contribution in [0.15, 0.2) is 47.4 Å². The van der Waals surface area contributed by atoms with E-state index in [1.54, 1.807) is 4.90 Å². The first kappa shape index (κ1) is 22.4. The fourth-order valence-corrected chi connectivity index (χ4v) is 4.76. The van der Waals surface area contributed by atoms with E-state index >= 15 is 0 Å². The molecule has 12 heteroatoms. The number of sulfonamides is 1. The first-order valence-electron chi connectivity index (χ1n) is 8.88. The van der Waals surface area contributed by atoms with Crippen molar-refractivity contribution in [3.8, 4) is 0 Å². The molecule has 0 saturated carbocycles. The Labute approximate surface area is 183 Å². The zero-order valence-electron chi connectivity index (χ0n) is 15.6. The van der Waals surface area contributed by atoms with Gasteiger partial charge in [-0.3, -0.25) is 19.8 Å². The van der Waals surface area contributed by atoms with Gasteiger partial charge in [0.15, 0.2) is 0 Å². The molecule has 2 aromatic carbocycles. The number of hydrogen-bond acceptors (Lipinski definition) is 6. The predicted molar refractivity (Wildman–Crippen MR) is 113 cm³/mol. The number of piperazine rings is 1. The van der Waals surface area contributed by atoms with E-state index in [2.05, 4.69) is 5.32 Å². The van der Waals surface area contributed by atoms with Crippen LogP contribution >= 0.6 is 23.2 Å². The molecule has 30 heavy (non-hydrogen) atoms. The number of rotatable bonds is 6. The number of halogens is 2. The van der Waals surface area contributed by atoms with Crippen molar-refractivity contribution >= 4 is 50.5 Å². The summed E-state index contributed by atoms with van der Waals surface area (Å²) in [5.74, 6) is -0.450. The Morgan fingerprint density at radius 3 is 2.23 bits per heavy atom. The summed E-state index contributed by atoms with van der Waals surface area (Å²) in [7, 11) is -3.64. The topological polar surface area (TPSA) is 113 Å². The van der Waals surface area contributed by atoms with Gasteiger partial charge in [-0.15, -0.1) is 0 Å². The molecular formula is C18H18Cl2N4O5S. The molecule has 3 rings (SSSR count). The minimum Gasteiger partial charge on any atom is -0.319 e. The van der Waals surface area contributed by atoms with E-state index in [1.165, 1.54) is 46.8 Å². The van der Waals surface area contributed by atoms with Gasteiger partial charge < -0.3 is 5.32 Å². The summed E-state index contributed by atoms with van der Waals surface area (Å²) in [4.78, 5) is 24.8. The molecule has 1 fully saturated rings. The summed E-state index contributed by atoms with van der Waals surface area (Å²) in [5, 5.41) is 14.3. The average molecular weight is 473 g/mol. The molecule has 0 aliphatic carbocycles. The first-order valence-corrected chi connectivity index (χ1v) is 11.1. The molecule has 1 N–H and O–H groups in total. The Morgan fingerprint density at radius 2 is 1.63 bits per heavy atom. The van der Waals surface area contributed by atoms with Crippen LogP contribution in [-0.4, -0.2) is 61.2 Å². The van der Waals surface area contributed by atoms with E-state index in [0.717, 1.165) is 0 Å². The summed E-state index contributed by atoms with van der Waals surface area (Å²) < 4.78 is 26.8. The maximum atomic E-state index is 12.7. The first-order chi connectivity index (χ1) is 14.2. The van der Waals surface area contributed by atoms with Crippen LogP contribution in [0.4, 0.5) is 11.4 Å². The van der Waals surface area contributed by atoms with Gasteiger partial charge in [0.25, 0.3) is 5.69 Å². The third kappa shape index (κ3) is 5.27. The SMILES string of the molecule is O=C(CN1CCN(S(=O)(=O)c2ccc(Cl)cc2)CC1)Nc1cc(Cl)ccc1[N+](=O)[O-]. The zero-order chi connectivity index (χ0) is 21.9. The average Bonchev–Trinajstić information content (AvgIpc) is 2.68. The van der Waals surface area contributed by atoms with Crippen LogP contribution in [0.5, 0.6) is 0 Å². The van der Waals surface area contributed by atoms with E-state index in [4.69, 9.17) is 23.2 Å². The van der Waals surface area contributed by atoms with Gasteiger partial charge in [-0.05, 0) is 36.4 Å². The van der Waals surface area contributed by atoms with Gasteiger partial charge in [-0.1, -0.05) is 23.2 Å². The van der Waals surface area contributed by atoms with Crippen LogP contribution in [-0.2, 0) is 14.8 Å². The van der Waals surface area contributed by atoms with Crippen molar-refractivity contribution in [1.82, 2.24) is 9.21 Å².